The second-order valence-electron chi connectivity index (χ2n) is 5.23. The number of ether oxygens (including phenoxy) is 1. The lowest BCUT2D eigenvalue weighted by Crippen LogP contribution is -2.39. The number of methoxy groups -OCH3 is 1. The summed E-state index contributed by atoms with van der Waals surface area (Å²) < 4.78 is 5.36. The molecule has 5 nitrogen and oxygen atoms in total. The van der Waals surface area contributed by atoms with Gasteiger partial charge >= 0.3 is 0 Å². The summed E-state index contributed by atoms with van der Waals surface area (Å²) in [5, 5.41) is 0. The molecule has 0 N–H and O–H groups in total. The van der Waals surface area contributed by atoms with E-state index in [-0.39, 0.29) is 0 Å². The SMILES string of the molecule is COc1nccnc1N1[C@@H]2CC[C@H]1CN(C)CC2. The van der Waals surface area contributed by atoms with Crippen LogP contribution >= 0.6 is 0 Å². The highest BCUT2D eigenvalue weighted by atomic mass is 16.5. The smallest absolute Gasteiger partial charge is 0.257 e. The minimum absolute atomic E-state index is 0.549. The van der Waals surface area contributed by atoms with E-state index in [0.29, 0.717) is 18.0 Å². The maximum Gasteiger partial charge on any atom is 0.257 e. The lowest BCUT2D eigenvalue weighted by molar-refractivity contribution is 0.314. The summed E-state index contributed by atoms with van der Waals surface area (Å²) in [6.07, 6.45) is 7.15. The van der Waals surface area contributed by atoms with Crippen LogP contribution in [0.3, 0.4) is 0 Å². The van der Waals surface area contributed by atoms with Gasteiger partial charge in [-0.2, -0.15) is 0 Å². The summed E-state index contributed by atoms with van der Waals surface area (Å²) in [6, 6.07) is 1.14. The first kappa shape index (κ1) is 11.7. The molecule has 0 aromatic carbocycles. The van der Waals surface area contributed by atoms with E-state index in [9.17, 15) is 0 Å². The molecular formula is C13H20N4O. The zero-order valence-corrected chi connectivity index (χ0v) is 11.0. The molecular weight excluding hydrogens is 228 g/mol. The molecule has 0 saturated carbocycles. The summed E-state index contributed by atoms with van der Waals surface area (Å²) in [5.41, 5.74) is 0. The Kier molecular flexibility index (Phi) is 3.07. The van der Waals surface area contributed by atoms with Gasteiger partial charge in [0.25, 0.3) is 5.88 Å². The quantitative estimate of drug-likeness (QED) is 0.785. The molecule has 98 valence electrons. The zero-order valence-electron chi connectivity index (χ0n) is 11.0. The predicted molar refractivity (Wildman–Crippen MR) is 70.0 cm³/mol. The van der Waals surface area contributed by atoms with Crippen molar-refractivity contribution >= 4 is 5.82 Å². The molecule has 2 fully saturated rings. The third-order valence-electron chi connectivity index (χ3n) is 4.07. The lowest BCUT2D eigenvalue weighted by atomic mass is 10.1. The van der Waals surface area contributed by atoms with Gasteiger partial charge in [-0.05, 0) is 32.9 Å². The van der Waals surface area contributed by atoms with E-state index in [0.717, 1.165) is 12.4 Å². The zero-order chi connectivity index (χ0) is 12.5. The molecule has 2 saturated heterocycles. The van der Waals surface area contributed by atoms with Crippen molar-refractivity contribution in [2.45, 2.75) is 31.3 Å². The Bertz CT molecular complexity index is 425. The van der Waals surface area contributed by atoms with Gasteiger partial charge < -0.3 is 14.5 Å². The van der Waals surface area contributed by atoms with E-state index in [1.165, 1.54) is 25.8 Å². The van der Waals surface area contributed by atoms with Gasteiger partial charge in [-0.3, -0.25) is 0 Å². The monoisotopic (exact) mass is 248 g/mol. The molecule has 0 radical (unpaired) electrons. The summed E-state index contributed by atoms with van der Waals surface area (Å²) >= 11 is 0. The van der Waals surface area contributed by atoms with Crippen molar-refractivity contribution < 1.29 is 4.74 Å². The summed E-state index contributed by atoms with van der Waals surface area (Å²) in [7, 11) is 3.87. The van der Waals surface area contributed by atoms with E-state index in [1.54, 1.807) is 19.5 Å². The Balaban J connectivity index is 1.95. The molecule has 1 aromatic rings. The second kappa shape index (κ2) is 4.72. The minimum Gasteiger partial charge on any atom is -0.478 e. The molecule has 0 amide bonds. The van der Waals surface area contributed by atoms with Crippen molar-refractivity contribution in [3.63, 3.8) is 0 Å². The molecule has 18 heavy (non-hydrogen) atoms. The van der Waals surface area contributed by atoms with Crippen LogP contribution in [0.1, 0.15) is 19.3 Å². The molecule has 1 aromatic heterocycles. The maximum atomic E-state index is 5.36. The number of rotatable bonds is 2. The van der Waals surface area contributed by atoms with E-state index in [1.807, 2.05) is 0 Å². The van der Waals surface area contributed by atoms with Crippen LogP contribution < -0.4 is 9.64 Å². The van der Waals surface area contributed by atoms with Crippen molar-refractivity contribution in [1.29, 1.82) is 0 Å². The fraction of sp³-hybridized carbons (Fsp3) is 0.692. The van der Waals surface area contributed by atoms with Crippen LogP contribution in [0.2, 0.25) is 0 Å². The van der Waals surface area contributed by atoms with E-state index < -0.39 is 0 Å². The van der Waals surface area contributed by atoms with Gasteiger partial charge in [-0.25, -0.2) is 9.97 Å². The Morgan fingerprint density at radius 2 is 1.94 bits per heavy atom. The topological polar surface area (TPSA) is 41.5 Å². The van der Waals surface area contributed by atoms with Gasteiger partial charge in [-0.15, -0.1) is 0 Å². The summed E-state index contributed by atoms with van der Waals surface area (Å²) in [5.74, 6) is 1.57. The van der Waals surface area contributed by atoms with Crippen molar-refractivity contribution in [2.24, 2.45) is 0 Å². The molecule has 2 aliphatic heterocycles. The maximum absolute atomic E-state index is 5.36. The lowest BCUT2D eigenvalue weighted by Gasteiger charge is -2.29. The van der Waals surface area contributed by atoms with Crippen LogP contribution in [0.25, 0.3) is 0 Å². The van der Waals surface area contributed by atoms with Gasteiger partial charge in [-0.1, -0.05) is 0 Å². The minimum atomic E-state index is 0.549. The number of likely N-dealkylation sites (N-methyl/N-ethyl adjacent to an activating group) is 1. The van der Waals surface area contributed by atoms with Crippen LogP contribution in [-0.4, -0.2) is 54.2 Å². The number of anilines is 1. The molecule has 0 aliphatic carbocycles. The van der Waals surface area contributed by atoms with Crippen molar-refractivity contribution in [1.82, 2.24) is 14.9 Å². The largest absolute Gasteiger partial charge is 0.478 e. The Labute approximate surface area is 108 Å². The van der Waals surface area contributed by atoms with Gasteiger partial charge in [0.1, 0.15) is 0 Å². The molecule has 5 heteroatoms. The third-order valence-corrected chi connectivity index (χ3v) is 4.07. The fourth-order valence-corrected chi connectivity index (χ4v) is 3.23. The first-order chi connectivity index (χ1) is 8.79. The number of hydrogen-bond acceptors (Lipinski definition) is 5. The normalized spacial score (nSPS) is 28.2. The number of aromatic nitrogens is 2. The fourth-order valence-electron chi connectivity index (χ4n) is 3.23. The third kappa shape index (κ3) is 1.92. The van der Waals surface area contributed by atoms with Gasteiger partial charge in [0.2, 0.25) is 0 Å². The second-order valence-corrected chi connectivity index (χ2v) is 5.23. The Hall–Kier alpha value is -1.36. The van der Waals surface area contributed by atoms with Gasteiger partial charge in [0, 0.05) is 31.0 Å². The van der Waals surface area contributed by atoms with E-state index in [2.05, 4.69) is 26.8 Å². The van der Waals surface area contributed by atoms with Crippen LogP contribution in [0.5, 0.6) is 5.88 Å². The highest BCUT2D eigenvalue weighted by molar-refractivity contribution is 5.51. The standard InChI is InChI=1S/C13H20N4O/c1-16-8-5-10-3-4-11(9-16)17(10)12-13(18-2)15-7-6-14-12/h6-7,10-11H,3-5,8-9H2,1-2H3/t10-,11+/m1/s1. The first-order valence-electron chi connectivity index (χ1n) is 6.61. The van der Waals surface area contributed by atoms with Crippen LogP contribution in [0.4, 0.5) is 5.82 Å². The van der Waals surface area contributed by atoms with Gasteiger partial charge in [0.15, 0.2) is 5.82 Å². The van der Waals surface area contributed by atoms with Crippen LogP contribution in [-0.2, 0) is 0 Å². The summed E-state index contributed by atoms with van der Waals surface area (Å²) in [4.78, 5) is 13.6. The van der Waals surface area contributed by atoms with Crippen molar-refractivity contribution in [3.05, 3.63) is 12.4 Å². The van der Waals surface area contributed by atoms with E-state index >= 15 is 0 Å². The average molecular weight is 248 g/mol. The highest BCUT2D eigenvalue weighted by Gasteiger charge is 2.38. The molecule has 2 aliphatic rings. The Morgan fingerprint density at radius 3 is 2.78 bits per heavy atom. The molecule has 2 bridgehead atoms. The van der Waals surface area contributed by atoms with Crippen LogP contribution in [0, 0.1) is 0 Å². The number of likely N-dealkylation sites (tertiary alicyclic amines) is 1. The number of fused-ring (bicyclic) bond motifs is 2. The van der Waals surface area contributed by atoms with Crippen molar-refractivity contribution in [2.75, 3.05) is 32.1 Å². The summed E-state index contributed by atoms with van der Waals surface area (Å²) in [6.45, 7) is 2.27. The highest BCUT2D eigenvalue weighted by Crippen LogP contribution is 2.36. The van der Waals surface area contributed by atoms with Crippen molar-refractivity contribution in [3.8, 4) is 5.88 Å². The molecule has 0 spiro atoms. The number of hydrogen-bond donors (Lipinski definition) is 0. The van der Waals surface area contributed by atoms with E-state index in [4.69, 9.17) is 4.74 Å². The average Bonchev–Trinajstić information content (AvgIpc) is 2.69. The first-order valence-corrected chi connectivity index (χ1v) is 6.61. The molecule has 0 unspecified atom stereocenters. The number of nitrogens with zero attached hydrogens (tertiary/aromatic N) is 4. The van der Waals surface area contributed by atoms with Crippen LogP contribution in [0.15, 0.2) is 12.4 Å². The molecule has 3 rings (SSSR count). The Morgan fingerprint density at radius 1 is 1.17 bits per heavy atom. The van der Waals surface area contributed by atoms with Gasteiger partial charge in [0.05, 0.1) is 7.11 Å². The molecule has 3 heterocycles. The predicted octanol–water partition coefficient (Wildman–Crippen LogP) is 1.16. The molecule has 2 atom stereocenters.